The zero-order valence-electron chi connectivity index (χ0n) is 8.88. The summed E-state index contributed by atoms with van der Waals surface area (Å²) in [4.78, 5) is 0. The molecule has 0 radical (unpaired) electrons. The number of rotatable bonds is 4. The Kier molecular flexibility index (Phi) is 3.94. The molecule has 3 atom stereocenters. The van der Waals surface area contributed by atoms with Gasteiger partial charge in [0.1, 0.15) is 0 Å². The SMILES string of the molecule is C=C1C(OCCCC)OC(C)C1C. The van der Waals surface area contributed by atoms with E-state index in [1.807, 2.05) is 0 Å². The van der Waals surface area contributed by atoms with Gasteiger partial charge in [-0.15, -0.1) is 0 Å². The minimum Gasteiger partial charge on any atom is -0.349 e. The van der Waals surface area contributed by atoms with Gasteiger partial charge in [0.25, 0.3) is 0 Å². The molecule has 13 heavy (non-hydrogen) atoms. The topological polar surface area (TPSA) is 18.5 Å². The van der Waals surface area contributed by atoms with Crippen LogP contribution in [-0.4, -0.2) is 19.0 Å². The van der Waals surface area contributed by atoms with E-state index >= 15 is 0 Å². The van der Waals surface area contributed by atoms with E-state index in [4.69, 9.17) is 9.47 Å². The van der Waals surface area contributed by atoms with Gasteiger partial charge in [-0.25, -0.2) is 0 Å². The van der Waals surface area contributed by atoms with Gasteiger partial charge >= 0.3 is 0 Å². The molecular weight excluding hydrogens is 164 g/mol. The molecule has 1 rings (SSSR count). The second-order valence-corrected chi connectivity index (χ2v) is 3.76. The fourth-order valence-corrected chi connectivity index (χ4v) is 1.40. The maximum Gasteiger partial charge on any atom is 0.180 e. The van der Waals surface area contributed by atoms with Gasteiger partial charge in [0, 0.05) is 5.92 Å². The molecule has 3 unspecified atom stereocenters. The van der Waals surface area contributed by atoms with Gasteiger partial charge in [-0.2, -0.15) is 0 Å². The quantitative estimate of drug-likeness (QED) is 0.494. The number of ether oxygens (including phenoxy) is 2. The highest BCUT2D eigenvalue weighted by atomic mass is 16.7. The van der Waals surface area contributed by atoms with E-state index in [-0.39, 0.29) is 12.4 Å². The molecule has 1 fully saturated rings. The maximum atomic E-state index is 5.61. The molecule has 76 valence electrons. The molecule has 0 saturated carbocycles. The molecule has 0 bridgehead atoms. The van der Waals surface area contributed by atoms with Crippen molar-refractivity contribution >= 4 is 0 Å². The summed E-state index contributed by atoms with van der Waals surface area (Å²) < 4.78 is 11.2. The van der Waals surface area contributed by atoms with Gasteiger partial charge in [-0.3, -0.25) is 0 Å². The highest BCUT2D eigenvalue weighted by Gasteiger charge is 2.33. The normalized spacial score (nSPS) is 34.1. The molecule has 0 N–H and O–H groups in total. The summed E-state index contributed by atoms with van der Waals surface area (Å²) in [5.41, 5.74) is 1.09. The Bertz CT molecular complexity index is 177. The smallest absolute Gasteiger partial charge is 0.180 e. The van der Waals surface area contributed by atoms with Crippen LogP contribution in [0.15, 0.2) is 12.2 Å². The minimum atomic E-state index is -0.156. The molecule has 2 nitrogen and oxygen atoms in total. The molecule has 0 amide bonds. The van der Waals surface area contributed by atoms with Crippen LogP contribution in [0.25, 0.3) is 0 Å². The van der Waals surface area contributed by atoms with Crippen molar-refractivity contribution in [2.75, 3.05) is 6.61 Å². The lowest BCUT2D eigenvalue weighted by molar-refractivity contribution is -0.117. The first kappa shape index (κ1) is 10.7. The van der Waals surface area contributed by atoms with E-state index in [2.05, 4.69) is 27.4 Å². The fourth-order valence-electron chi connectivity index (χ4n) is 1.40. The van der Waals surface area contributed by atoms with E-state index < -0.39 is 0 Å². The van der Waals surface area contributed by atoms with Crippen LogP contribution >= 0.6 is 0 Å². The van der Waals surface area contributed by atoms with E-state index in [0.717, 1.165) is 25.0 Å². The van der Waals surface area contributed by atoms with Crippen LogP contribution < -0.4 is 0 Å². The Morgan fingerprint density at radius 3 is 2.62 bits per heavy atom. The Morgan fingerprint density at radius 2 is 2.15 bits per heavy atom. The van der Waals surface area contributed by atoms with Crippen molar-refractivity contribution < 1.29 is 9.47 Å². The van der Waals surface area contributed by atoms with Gasteiger partial charge in [0.05, 0.1) is 12.7 Å². The highest BCUT2D eigenvalue weighted by Crippen LogP contribution is 2.30. The Morgan fingerprint density at radius 1 is 1.46 bits per heavy atom. The first-order valence-electron chi connectivity index (χ1n) is 5.12. The molecule has 0 aliphatic carbocycles. The summed E-state index contributed by atoms with van der Waals surface area (Å²) in [6.07, 6.45) is 2.34. The van der Waals surface area contributed by atoms with Gasteiger partial charge in [0.15, 0.2) is 6.29 Å². The first-order chi connectivity index (χ1) is 6.16. The Hall–Kier alpha value is -0.340. The molecule has 2 heteroatoms. The van der Waals surface area contributed by atoms with E-state index in [1.54, 1.807) is 0 Å². The van der Waals surface area contributed by atoms with Crippen molar-refractivity contribution in [1.82, 2.24) is 0 Å². The van der Waals surface area contributed by atoms with Crippen molar-refractivity contribution in [1.29, 1.82) is 0 Å². The van der Waals surface area contributed by atoms with Crippen molar-refractivity contribution in [2.24, 2.45) is 5.92 Å². The molecule has 0 aromatic carbocycles. The van der Waals surface area contributed by atoms with Crippen LogP contribution in [-0.2, 0) is 9.47 Å². The van der Waals surface area contributed by atoms with Crippen LogP contribution in [0.4, 0.5) is 0 Å². The van der Waals surface area contributed by atoms with Gasteiger partial charge in [-0.1, -0.05) is 26.8 Å². The van der Waals surface area contributed by atoms with Crippen LogP contribution in [0.1, 0.15) is 33.6 Å². The fraction of sp³-hybridized carbons (Fsp3) is 0.818. The lowest BCUT2D eigenvalue weighted by atomic mass is 10.0. The van der Waals surface area contributed by atoms with Crippen LogP contribution in [0.3, 0.4) is 0 Å². The predicted molar refractivity (Wildman–Crippen MR) is 53.5 cm³/mol. The lowest BCUT2D eigenvalue weighted by Gasteiger charge is -2.12. The monoisotopic (exact) mass is 184 g/mol. The number of unbranched alkanes of at least 4 members (excludes halogenated alkanes) is 1. The number of hydrogen-bond acceptors (Lipinski definition) is 2. The average molecular weight is 184 g/mol. The van der Waals surface area contributed by atoms with Gasteiger partial charge in [-0.05, 0) is 18.9 Å². The summed E-state index contributed by atoms with van der Waals surface area (Å²) in [6, 6.07) is 0. The minimum absolute atomic E-state index is 0.156. The maximum absolute atomic E-state index is 5.61. The van der Waals surface area contributed by atoms with Gasteiger partial charge in [0.2, 0.25) is 0 Å². The first-order valence-corrected chi connectivity index (χ1v) is 5.12. The Labute approximate surface area is 80.9 Å². The van der Waals surface area contributed by atoms with Crippen LogP contribution in [0.2, 0.25) is 0 Å². The van der Waals surface area contributed by atoms with Crippen molar-refractivity contribution in [2.45, 2.75) is 46.0 Å². The van der Waals surface area contributed by atoms with Crippen molar-refractivity contribution in [3.05, 3.63) is 12.2 Å². The predicted octanol–water partition coefficient (Wildman–Crippen LogP) is 2.74. The molecule has 1 aliphatic heterocycles. The van der Waals surface area contributed by atoms with E-state index in [0.29, 0.717) is 5.92 Å². The lowest BCUT2D eigenvalue weighted by Crippen LogP contribution is -2.14. The van der Waals surface area contributed by atoms with Crippen molar-refractivity contribution in [3.63, 3.8) is 0 Å². The molecule has 1 heterocycles. The molecular formula is C11H20O2. The summed E-state index contributed by atoms with van der Waals surface area (Å²) in [6.45, 7) is 11.1. The second kappa shape index (κ2) is 4.77. The average Bonchev–Trinajstić information content (AvgIpc) is 2.34. The summed E-state index contributed by atoms with van der Waals surface area (Å²) in [5.74, 6) is 0.423. The van der Waals surface area contributed by atoms with Crippen molar-refractivity contribution in [3.8, 4) is 0 Å². The molecule has 1 saturated heterocycles. The van der Waals surface area contributed by atoms with E-state index in [9.17, 15) is 0 Å². The van der Waals surface area contributed by atoms with E-state index in [1.165, 1.54) is 0 Å². The summed E-state index contributed by atoms with van der Waals surface area (Å²) in [7, 11) is 0. The van der Waals surface area contributed by atoms with Gasteiger partial charge < -0.3 is 9.47 Å². The highest BCUT2D eigenvalue weighted by molar-refractivity contribution is 5.09. The largest absolute Gasteiger partial charge is 0.349 e. The zero-order valence-corrected chi connectivity index (χ0v) is 8.88. The molecule has 0 aromatic rings. The summed E-state index contributed by atoms with van der Waals surface area (Å²) in [5, 5.41) is 0. The second-order valence-electron chi connectivity index (χ2n) is 3.76. The molecule has 0 spiro atoms. The molecule has 1 aliphatic rings. The summed E-state index contributed by atoms with van der Waals surface area (Å²) >= 11 is 0. The Balaban J connectivity index is 2.31. The third kappa shape index (κ3) is 2.55. The standard InChI is InChI=1S/C11H20O2/c1-5-6-7-12-11-9(3)8(2)10(4)13-11/h8,10-11H,3,5-7H2,1-2,4H3. The van der Waals surface area contributed by atoms with Crippen LogP contribution in [0.5, 0.6) is 0 Å². The third-order valence-electron chi connectivity index (χ3n) is 2.70. The third-order valence-corrected chi connectivity index (χ3v) is 2.70. The zero-order chi connectivity index (χ0) is 9.84. The molecule has 0 aromatic heterocycles. The number of hydrogen-bond donors (Lipinski definition) is 0. The van der Waals surface area contributed by atoms with Crippen LogP contribution in [0, 0.1) is 5.92 Å².